The maximum atomic E-state index is 9.36. The van der Waals surface area contributed by atoms with Crippen molar-refractivity contribution < 1.29 is 14.9 Å². The third-order valence-electron chi connectivity index (χ3n) is 2.58. The van der Waals surface area contributed by atoms with Gasteiger partial charge in [-0.25, -0.2) is 0 Å². The molecule has 0 bridgehead atoms. The molecule has 0 heterocycles. The molecule has 4 heteroatoms. The fraction of sp³-hybridized carbons (Fsp3) is 0.231. The van der Waals surface area contributed by atoms with Crippen LogP contribution in [0.2, 0.25) is 0 Å². The molecule has 0 spiro atoms. The summed E-state index contributed by atoms with van der Waals surface area (Å²) in [5.41, 5.74) is 5.62. The molecule has 0 saturated heterocycles. The van der Waals surface area contributed by atoms with Gasteiger partial charge in [-0.15, -0.1) is 0 Å². The minimum absolute atomic E-state index is 0.425. The van der Waals surface area contributed by atoms with Crippen molar-refractivity contribution in [1.82, 2.24) is 0 Å². The lowest BCUT2D eigenvalue weighted by molar-refractivity contribution is 0.00312. The minimum Gasteiger partial charge on any atom is -0.472 e. The van der Waals surface area contributed by atoms with Crippen LogP contribution in [0.15, 0.2) is 42.5 Å². The van der Waals surface area contributed by atoms with E-state index in [9.17, 15) is 5.11 Å². The molecule has 0 aliphatic rings. The number of benzene rings is 2. The van der Waals surface area contributed by atoms with E-state index in [0.717, 1.165) is 10.8 Å². The molecule has 2 atom stereocenters. The molecule has 90 valence electrons. The van der Waals surface area contributed by atoms with Crippen LogP contribution in [0.3, 0.4) is 0 Å². The van der Waals surface area contributed by atoms with Gasteiger partial charge >= 0.3 is 0 Å². The molecular weight excluding hydrogens is 218 g/mol. The Morgan fingerprint density at radius 1 is 1.12 bits per heavy atom. The average Bonchev–Trinajstić information content (AvgIpc) is 2.38. The van der Waals surface area contributed by atoms with Crippen molar-refractivity contribution in [3.63, 3.8) is 0 Å². The van der Waals surface area contributed by atoms with Gasteiger partial charge in [-0.05, 0) is 11.5 Å². The smallest absolute Gasteiger partial charge is 0.176 e. The Bertz CT molecular complexity index is 495. The van der Waals surface area contributed by atoms with Gasteiger partial charge in [0, 0.05) is 5.39 Å². The van der Waals surface area contributed by atoms with Gasteiger partial charge in [0.1, 0.15) is 11.9 Å². The molecule has 0 radical (unpaired) electrons. The van der Waals surface area contributed by atoms with Crippen molar-refractivity contribution in [1.29, 1.82) is 0 Å². The van der Waals surface area contributed by atoms with Gasteiger partial charge < -0.3 is 14.9 Å². The maximum absolute atomic E-state index is 9.36. The first-order valence-electron chi connectivity index (χ1n) is 5.41. The standard InChI is InChI=1S/C13H15NO3/c14-13(11(16)8-15)17-12-7-3-5-9-4-1-2-6-10(9)12/h1-7,11,13,15-16H,8,14H2. The molecule has 2 aromatic carbocycles. The molecule has 0 aromatic heterocycles. The predicted octanol–water partition coefficient (Wildman–Crippen LogP) is 0.857. The lowest BCUT2D eigenvalue weighted by Gasteiger charge is -2.19. The summed E-state index contributed by atoms with van der Waals surface area (Å²) in [7, 11) is 0. The van der Waals surface area contributed by atoms with Crippen LogP contribution in [-0.2, 0) is 0 Å². The highest BCUT2D eigenvalue weighted by atomic mass is 16.5. The third kappa shape index (κ3) is 2.55. The molecular formula is C13H15NO3. The van der Waals surface area contributed by atoms with Crippen LogP contribution < -0.4 is 10.5 Å². The summed E-state index contributed by atoms with van der Waals surface area (Å²) in [4.78, 5) is 0. The van der Waals surface area contributed by atoms with Crippen LogP contribution in [-0.4, -0.2) is 29.2 Å². The van der Waals surface area contributed by atoms with Gasteiger partial charge in [0.05, 0.1) is 6.61 Å². The zero-order valence-electron chi connectivity index (χ0n) is 9.28. The Labute approximate surface area is 99.2 Å². The van der Waals surface area contributed by atoms with Gasteiger partial charge in [0.25, 0.3) is 0 Å². The van der Waals surface area contributed by atoms with Gasteiger partial charge in [-0.3, -0.25) is 5.73 Å². The molecule has 0 amide bonds. The second-order valence-corrected chi connectivity index (χ2v) is 3.81. The number of hydrogen-bond donors (Lipinski definition) is 3. The first-order valence-corrected chi connectivity index (χ1v) is 5.41. The minimum atomic E-state index is -1.09. The highest BCUT2D eigenvalue weighted by Gasteiger charge is 2.16. The average molecular weight is 233 g/mol. The van der Waals surface area contributed by atoms with E-state index in [1.807, 2.05) is 36.4 Å². The number of hydrogen-bond acceptors (Lipinski definition) is 4. The first-order chi connectivity index (χ1) is 8.22. The quantitative estimate of drug-likeness (QED) is 0.684. The lowest BCUT2D eigenvalue weighted by atomic mass is 10.1. The molecule has 4 nitrogen and oxygen atoms in total. The number of rotatable bonds is 4. The van der Waals surface area contributed by atoms with Crippen molar-refractivity contribution in [2.24, 2.45) is 5.73 Å². The molecule has 2 aromatic rings. The summed E-state index contributed by atoms with van der Waals surface area (Å²) < 4.78 is 5.45. The zero-order valence-corrected chi connectivity index (χ0v) is 9.28. The molecule has 2 unspecified atom stereocenters. The number of nitrogens with two attached hydrogens (primary N) is 1. The Morgan fingerprint density at radius 3 is 2.59 bits per heavy atom. The van der Waals surface area contributed by atoms with E-state index in [2.05, 4.69) is 0 Å². The monoisotopic (exact) mass is 233 g/mol. The summed E-state index contributed by atoms with van der Waals surface area (Å²) >= 11 is 0. The van der Waals surface area contributed by atoms with E-state index in [4.69, 9.17) is 15.6 Å². The predicted molar refractivity (Wildman–Crippen MR) is 65.6 cm³/mol. The Balaban J connectivity index is 2.30. The maximum Gasteiger partial charge on any atom is 0.176 e. The zero-order chi connectivity index (χ0) is 12.3. The van der Waals surface area contributed by atoms with E-state index in [0.29, 0.717) is 5.75 Å². The molecule has 0 fully saturated rings. The van der Waals surface area contributed by atoms with Gasteiger partial charge in [-0.2, -0.15) is 0 Å². The highest BCUT2D eigenvalue weighted by molar-refractivity contribution is 5.88. The first kappa shape index (κ1) is 11.9. The van der Waals surface area contributed by atoms with E-state index in [1.54, 1.807) is 6.07 Å². The van der Waals surface area contributed by atoms with Crippen LogP contribution >= 0.6 is 0 Å². The van der Waals surface area contributed by atoms with E-state index >= 15 is 0 Å². The summed E-state index contributed by atoms with van der Waals surface area (Å²) in [5, 5.41) is 20.1. The summed E-state index contributed by atoms with van der Waals surface area (Å²) in [6.45, 7) is -0.425. The summed E-state index contributed by atoms with van der Waals surface area (Å²) in [5.74, 6) is 0.600. The van der Waals surface area contributed by atoms with Crippen LogP contribution in [0.1, 0.15) is 0 Å². The lowest BCUT2D eigenvalue weighted by Crippen LogP contribution is -2.41. The van der Waals surface area contributed by atoms with Gasteiger partial charge in [0.2, 0.25) is 0 Å². The van der Waals surface area contributed by atoms with Gasteiger partial charge in [0.15, 0.2) is 6.23 Å². The third-order valence-corrected chi connectivity index (χ3v) is 2.58. The van der Waals surface area contributed by atoms with Crippen molar-refractivity contribution in [2.75, 3.05) is 6.61 Å². The van der Waals surface area contributed by atoms with Crippen molar-refractivity contribution >= 4 is 10.8 Å². The summed E-state index contributed by atoms with van der Waals surface area (Å²) in [6, 6.07) is 13.3. The Morgan fingerprint density at radius 2 is 1.82 bits per heavy atom. The largest absolute Gasteiger partial charge is 0.472 e. The molecule has 17 heavy (non-hydrogen) atoms. The number of aliphatic hydroxyl groups excluding tert-OH is 2. The number of aliphatic hydroxyl groups is 2. The van der Waals surface area contributed by atoms with Crippen LogP contribution in [0.4, 0.5) is 0 Å². The fourth-order valence-electron chi connectivity index (χ4n) is 1.63. The van der Waals surface area contributed by atoms with Crippen molar-refractivity contribution in [2.45, 2.75) is 12.3 Å². The Kier molecular flexibility index (Phi) is 3.58. The second kappa shape index (κ2) is 5.14. The van der Waals surface area contributed by atoms with E-state index in [1.165, 1.54) is 0 Å². The second-order valence-electron chi connectivity index (χ2n) is 3.81. The van der Waals surface area contributed by atoms with Gasteiger partial charge in [-0.1, -0.05) is 36.4 Å². The molecule has 2 rings (SSSR count). The van der Waals surface area contributed by atoms with Crippen molar-refractivity contribution in [3.05, 3.63) is 42.5 Å². The van der Waals surface area contributed by atoms with Crippen LogP contribution in [0.25, 0.3) is 10.8 Å². The molecule has 0 aliphatic heterocycles. The van der Waals surface area contributed by atoms with Crippen molar-refractivity contribution in [3.8, 4) is 5.75 Å². The summed E-state index contributed by atoms with van der Waals surface area (Å²) in [6.07, 6.45) is -2.03. The molecule has 0 saturated carbocycles. The topological polar surface area (TPSA) is 75.7 Å². The number of fused-ring (bicyclic) bond motifs is 1. The van der Waals surface area contributed by atoms with Crippen LogP contribution in [0.5, 0.6) is 5.75 Å². The molecule has 4 N–H and O–H groups in total. The van der Waals surface area contributed by atoms with Crippen LogP contribution in [0, 0.1) is 0 Å². The SMILES string of the molecule is NC(Oc1cccc2ccccc12)C(O)CO. The van der Waals surface area contributed by atoms with E-state index < -0.39 is 18.9 Å². The normalized spacial score (nSPS) is 14.5. The fourth-order valence-corrected chi connectivity index (χ4v) is 1.63. The number of ether oxygens (including phenoxy) is 1. The Hall–Kier alpha value is -1.62. The van der Waals surface area contributed by atoms with E-state index in [-0.39, 0.29) is 0 Å². The highest BCUT2D eigenvalue weighted by Crippen LogP contribution is 2.25. The molecule has 0 aliphatic carbocycles.